The number of hydrogen-bond donors (Lipinski definition) is 1. The molecule has 1 N–H and O–H groups in total. The van der Waals surface area contributed by atoms with Crippen LogP contribution < -0.4 is 5.32 Å². The summed E-state index contributed by atoms with van der Waals surface area (Å²) in [4.78, 5) is 12.0. The van der Waals surface area contributed by atoms with Crippen molar-refractivity contribution in [3.63, 3.8) is 0 Å². The summed E-state index contributed by atoms with van der Waals surface area (Å²) >= 11 is 0. The molecule has 0 aromatic heterocycles. The fraction of sp³-hybridized carbons (Fsp3) is 0.923. The van der Waals surface area contributed by atoms with Crippen LogP contribution in [-0.2, 0) is 14.3 Å². The number of piperidine rings is 1. The Labute approximate surface area is 103 Å². The van der Waals surface area contributed by atoms with E-state index in [0.717, 1.165) is 45.4 Å². The quantitative estimate of drug-likeness (QED) is 0.760. The zero-order valence-corrected chi connectivity index (χ0v) is 10.7. The molecule has 0 aromatic carbocycles. The number of ether oxygens (including phenoxy) is 2. The van der Waals surface area contributed by atoms with E-state index in [-0.39, 0.29) is 17.5 Å². The lowest BCUT2D eigenvalue weighted by molar-refractivity contribution is -0.161. The van der Waals surface area contributed by atoms with Gasteiger partial charge in [0, 0.05) is 13.2 Å². The molecule has 2 saturated heterocycles. The van der Waals surface area contributed by atoms with Crippen LogP contribution in [0.5, 0.6) is 0 Å². The van der Waals surface area contributed by atoms with Crippen molar-refractivity contribution in [1.29, 1.82) is 0 Å². The van der Waals surface area contributed by atoms with Crippen molar-refractivity contribution >= 4 is 5.97 Å². The zero-order chi connectivity index (χ0) is 12.1. The van der Waals surface area contributed by atoms with Gasteiger partial charge in [0.25, 0.3) is 0 Å². The first-order chi connectivity index (χ1) is 8.21. The molecule has 2 fully saturated rings. The molecule has 2 unspecified atom stereocenters. The molecule has 0 spiro atoms. The van der Waals surface area contributed by atoms with Crippen LogP contribution in [0.2, 0.25) is 0 Å². The largest absolute Gasteiger partial charge is 0.462 e. The normalized spacial score (nSPS) is 34.3. The fourth-order valence-corrected chi connectivity index (χ4v) is 2.51. The highest BCUT2D eigenvalue weighted by Gasteiger charge is 2.36. The molecule has 0 saturated carbocycles. The van der Waals surface area contributed by atoms with Crippen molar-refractivity contribution in [3.8, 4) is 0 Å². The van der Waals surface area contributed by atoms with Gasteiger partial charge in [-0.3, -0.25) is 4.79 Å². The smallest absolute Gasteiger partial charge is 0.313 e. The van der Waals surface area contributed by atoms with E-state index in [4.69, 9.17) is 9.47 Å². The maximum absolute atomic E-state index is 12.0. The minimum atomic E-state index is -0.340. The molecule has 0 amide bonds. The lowest BCUT2D eigenvalue weighted by atomic mass is 9.83. The highest BCUT2D eigenvalue weighted by atomic mass is 16.6. The molecular weight excluding hydrogens is 218 g/mol. The Morgan fingerprint density at radius 3 is 3.00 bits per heavy atom. The van der Waals surface area contributed by atoms with Gasteiger partial charge < -0.3 is 14.8 Å². The lowest BCUT2D eigenvalue weighted by Crippen LogP contribution is -2.45. The van der Waals surface area contributed by atoms with Gasteiger partial charge in [-0.15, -0.1) is 0 Å². The second-order valence-corrected chi connectivity index (χ2v) is 5.43. The number of esters is 1. The standard InChI is InChI=1S/C13H23NO3/c1-13(6-4-7-14-10-13)12(15)17-9-11-5-2-3-8-16-11/h11,14H,2-10H2,1H3. The third-order valence-electron chi connectivity index (χ3n) is 3.76. The second kappa shape index (κ2) is 5.83. The van der Waals surface area contributed by atoms with E-state index in [1.165, 1.54) is 6.42 Å². The van der Waals surface area contributed by atoms with Crippen LogP contribution in [-0.4, -0.2) is 38.4 Å². The van der Waals surface area contributed by atoms with Gasteiger partial charge in [0.2, 0.25) is 0 Å². The number of rotatable bonds is 3. The Hall–Kier alpha value is -0.610. The van der Waals surface area contributed by atoms with Crippen LogP contribution in [0.25, 0.3) is 0 Å². The van der Waals surface area contributed by atoms with Crippen molar-refractivity contribution in [1.82, 2.24) is 5.32 Å². The van der Waals surface area contributed by atoms with Gasteiger partial charge in [0.1, 0.15) is 6.61 Å². The van der Waals surface area contributed by atoms with Gasteiger partial charge in [0.05, 0.1) is 11.5 Å². The summed E-state index contributed by atoms with van der Waals surface area (Å²) in [6.45, 7) is 4.96. The molecule has 0 aromatic rings. The van der Waals surface area contributed by atoms with Crippen molar-refractivity contribution in [3.05, 3.63) is 0 Å². The highest BCUT2D eigenvalue weighted by molar-refractivity contribution is 5.76. The van der Waals surface area contributed by atoms with E-state index < -0.39 is 0 Å². The van der Waals surface area contributed by atoms with Crippen LogP contribution in [0, 0.1) is 5.41 Å². The Morgan fingerprint density at radius 2 is 2.35 bits per heavy atom. The maximum atomic E-state index is 12.0. The molecule has 98 valence electrons. The zero-order valence-electron chi connectivity index (χ0n) is 10.7. The third kappa shape index (κ3) is 3.42. The van der Waals surface area contributed by atoms with Gasteiger partial charge in [0.15, 0.2) is 0 Å². The van der Waals surface area contributed by atoms with Crippen molar-refractivity contribution in [2.75, 3.05) is 26.3 Å². The monoisotopic (exact) mass is 241 g/mol. The average Bonchev–Trinajstić information content (AvgIpc) is 2.38. The molecule has 4 nitrogen and oxygen atoms in total. The van der Waals surface area contributed by atoms with Gasteiger partial charge in [-0.1, -0.05) is 0 Å². The van der Waals surface area contributed by atoms with E-state index in [9.17, 15) is 4.79 Å². The Bertz CT molecular complexity index is 255. The summed E-state index contributed by atoms with van der Waals surface area (Å²) in [7, 11) is 0. The van der Waals surface area contributed by atoms with Gasteiger partial charge >= 0.3 is 5.97 Å². The third-order valence-corrected chi connectivity index (χ3v) is 3.76. The van der Waals surface area contributed by atoms with Gasteiger partial charge in [-0.25, -0.2) is 0 Å². The van der Waals surface area contributed by atoms with Crippen molar-refractivity contribution < 1.29 is 14.3 Å². The van der Waals surface area contributed by atoms with Gasteiger partial charge in [-0.05, 0) is 45.6 Å². The van der Waals surface area contributed by atoms with E-state index >= 15 is 0 Å². The average molecular weight is 241 g/mol. The first-order valence-corrected chi connectivity index (χ1v) is 6.70. The molecule has 2 aliphatic heterocycles. The summed E-state index contributed by atoms with van der Waals surface area (Å²) < 4.78 is 11.0. The molecular formula is C13H23NO3. The van der Waals surface area contributed by atoms with Crippen molar-refractivity contribution in [2.24, 2.45) is 5.41 Å². The van der Waals surface area contributed by atoms with Crippen LogP contribution in [0.4, 0.5) is 0 Å². The van der Waals surface area contributed by atoms with Crippen LogP contribution in [0.1, 0.15) is 39.0 Å². The first kappa shape index (κ1) is 12.8. The molecule has 4 heteroatoms. The number of nitrogens with one attached hydrogen (secondary N) is 1. The summed E-state index contributed by atoms with van der Waals surface area (Å²) in [5.41, 5.74) is -0.340. The summed E-state index contributed by atoms with van der Waals surface area (Å²) in [6, 6.07) is 0. The predicted octanol–water partition coefficient (Wildman–Crippen LogP) is 1.49. The molecule has 2 aliphatic rings. The Kier molecular flexibility index (Phi) is 4.40. The fourth-order valence-electron chi connectivity index (χ4n) is 2.51. The number of carbonyl (C=O) groups is 1. The van der Waals surface area contributed by atoms with Crippen LogP contribution in [0.3, 0.4) is 0 Å². The maximum Gasteiger partial charge on any atom is 0.313 e. The minimum absolute atomic E-state index is 0.0705. The second-order valence-electron chi connectivity index (χ2n) is 5.43. The lowest BCUT2D eigenvalue weighted by Gasteiger charge is -2.32. The molecule has 2 rings (SSSR count). The van der Waals surface area contributed by atoms with E-state index in [2.05, 4.69) is 5.32 Å². The number of hydrogen-bond acceptors (Lipinski definition) is 4. The molecule has 17 heavy (non-hydrogen) atoms. The molecule has 2 heterocycles. The van der Waals surface area contributed by atoms with E-state index in [1.54, 1.807) is 0 Å². The van der Waals surface area contributed by atoms with E-state index in [1.807, 2.05) is 6.92 Å². The Balaban J connectivity index is 1.75. The topological polar surface area (TPSA) is 47.6 Å². The van der Waals surface area contributed by atoms with Crippen LogP contribution >= 0.6 is 0 Å². The highest BCUT2D eigenvalue weighted by Crippen LogP contribution is 2.27. The SMILES string of the molecule is CC1(C(=O)OCC2CCCCO2)CCCNC1. The first-order valence-electron chi connectivity index (χ1n) is 6.70. The van der Waals surface area contributed by atoms with Gasteiger partial charge in [-0.2, -0.15) is 0 Å². The predicted molar refractivity (Wildman–Crippen MR) is 64.8 cm³/mol. The molecule has 0 bridgehead atoms. The Morgan fingerprint density at radius 1 is 1.47 bits per heavy atom. The number of carbonyl (C=O) groups excluding carboxylic acids is 1. The van der Waals surface area contributed by atoms with Crippen molar-refractivity contribution in [2.45, 2.75) is 45.1 Å². The van der Waals surface area contributed by atoms with Crippen LogP contribution in [0.15, 0.2) is 0 Å². The summed E-state index contributed by atoms with van der Waals surface area (Å²) in [5.74, 6) is -0.0705. The minimum Gasteiger partial charge on any atom is -0.462 e. The van der Waals surface area contributed by atoms with E-state index in [0.29, 0.717) is 6.61 Å². The molecule has 0 radical (unpaired) electrons. The molecule has 0 aliphatic carbocycles. The summed E-state index contributed by atoms with van der Waals surface area (Å²) in [5, 5.41) is 3.26. The summed E-state index contributed by atoms with van der Waals surface area (Å²) in [6.07, 6.45) is 5.42. The molecule has 2 atom stereocenters.